The van der Waals surface area contributed by atoms with E-state index in [-0.39, 0.29) is 17.6 Å². The summed E-state index contributed by atoms with van der Waals surface area (Å²) in [4.78, 5) is 5.86. The third-order valence-corrected chi connectivity index (χ3v) is 4.94. The van der Waals surface area contributed by atoms with Gasteiger partial charge in [0.2, 0.25) is 0 Å². The minimum absolute atomic E-state index is 0.000232. The Morgan fingerprint density at radius 1 is 1.45 bits per heavy atom. The quantitative estimate of drug-likeness (QED) is 0.722. The van der Waals surface area contributed by atoms with Gasteiger partial charge in [0.05, 0.1) is 32.3 Å². The fraction of sp³-hybridized carbons (Fsp3) is 0.381. The van der Waals surface area contributed by atoms with Crippen molar-refractivity contribution in [1.82, 2.24) is 9.88 Å². The lowest BCUT2D eigenvalue weighted by atomic mass is 9.99. The Morgan fingerprint density at radius 2 is 2.21 bits per heavy atom. The van der Waals surface area contributed by atoms with Gasteiger partial charge in [-0.1, -0.05) is 24.8 Å². The van der Waals surface area contributed by atoms with E-state index in [0.29, 0.717) is 24.0 Å². The zero-order chi connectivity index (χ0) is 23.0. The van der Waals surface area contributed by atoms with E-state index in [2.05, 4.69) is 16.9 Å². The molecule has 2 atom stereocenters. The fourth-order valence-electron chi connectivity index (χ4n) is 3.41. The minimum Gasteiger partial charge on any atom is -0.392 e. The average molecular weight is 411 g/mol. The van der Waals surface area contributed by atoms with Gasteiger partial charge < -0.3 is 15.3 Å². The van der Waals surface area contributed by atoms with Crippen molar-refractivity contribution in [3.8, 4) is 0 Å². The van der Waals surface area contributed by atoms with E-state index >= 15 is 0 Å². The number of allylic oxidation sites excluding steroid dienone is 1. The van der Waals surface area contributed by atoms with Gasteiger partial charge in [0.15, 0.2) is 0 Å². The molecule has 0 radical (unpaired) electrons. The maximum atomic E-state index is 14.5. The summed E-state index contributed by atoms with van der Waals surface area (Å²) in [6.07, 6.45) is -3.47. The summed E-state index contributed by atoms with van der Waals surface area (Å²) in [5.74, 6) is 0. The van der Waals surface area contributed by atoms with Crippen LogP contribution in [0.25, 0.3) is 22.4 Å². The molecule has 2 heterocycles. The highest BCUT2D eigenvalue weighted by molar-refractivity contribution is 6.00. The normalized spacial score (nSPS) is 22.6. The number of hydrogen-bond acceptors (Lipinski definition) is 4. The molecular formula is C21H23F4N3O. The van der Waals surface area contributed by atoms with Gasteiger partial charge in [-0.2, -0.15) is 13.2 Å². The highest BCUT2D eigenvalue weighted by Gasteiger charge is 2.35. The molecule has 2 N–H and O–H groups in total. The topological polar surface area (TPSA) is 48.4 Å². The molecule has 1 aromatic heterocycles. The number of benzene rings is 1. The van der Waals surface area contributed by atoms with E-state index in [1.807, 2.05) is 11.9 Å². The molecule has 1 saturated heterocycles. The molecule has 2 aromatic rings. The SMILES string of the molecule is [2H]C([2H])(O)/C=C/c1cc2c(N[C@@H]3CCN(C)C[C@@H]3F)cccc2c(C(=C)C(F)(F)F)n1. The van der Waals surface area contributed by atoms with Gasteiger partial charge in [0.25, 0.3) is 0 Å². The Morgan fingerprint density at radius 3 is 2.86 bits per heavy atom. The first-order valence-corrected chi connectivity index (χ1v) is 9.06. The second kappa shape index (κ2) is 8.51. The molecular weight excluding hydrogens is 386 g/mol. The summed E-state index contributed by atoms with van der Waals surface area (Å²) < 4.78 is 69.1. The summed E-state index contributed by atoms with van der Waals surface area (Å²) in [7, 11) is 1.82. The van der Waals surface area contributed by atoms with Crippen LogP contribution in [0.15, 0.2) is 36.9 Å². The number of halogens is 4. The number of aromatic nitrogens is 1. The molecule has 8 heteroatoms. The molecule has 156 valence electrons. The van der Waals surface area contributed by atoms with Gasteiger partial charge in [-0.3, -0.25) is 0 Å². The molecule has 0 aliphatic carbocycles. The third kappa shape index (κ3) is 4.76. The maximum Gasteiger partial charge on any atom is 0.417 e. The first-order chi connectivity index (χ1) is 14.3. The number of nitrogens with zero attached hydrogens (tertiary/aromatic N) is 2. The zero-order valence-electron chi connectivity index (χ0n) is 17.8. The van der Waals surface area contributed by atoms with Crippen molar-refractivity contribution < 1.29 is 25.4 Å². The molecule has 0 unspecified atom stereocenters. The van der Waals surface area contributed by atoms with Gasteiger partial charge in [-0.05, 0) is 31.7 Å². The number of rotatable bonds is 5. The molecule has 0 bridgehead atoms. The van der Waals surface area contributed by atoms with Crippen molar-refractivity contribution in [3.63, 3.8) is 0 Å². The average Bonchev–Trinajstić information content (AvgIpc) is 2.66. The lowest BCUT2D eigenvalue weighted by molar-refractivity contribution is -0.0688. The zero-order valence-corrected chi connectivity index (χ0v) is 15.8. The maximum absolute atomic E-state index is 14.5. The number of fused-ring (bicyclic) bond motifs is 1. The summed E-state index contributed by atoms with van der Waals surface area (Å²) in [6.45, 7) is 1.41. The Kier molecular flexibility index (Phi) is 5.45. The van der Waals surface area contributed by atoms with Crippen LogP contribution in [0.4, 0.5) is 23.2 Å². The van der Waals surface area contributed by atoms with Gasteiger partial charge in [0, 0.05) is 29.5 Å². The molecule has 0 spiro atoms. The molecule has 4 nitrogen and oxygen atoms in total. The number of nitrogens with one attached hydrogen (secondary N) is 1. The van der Waals surface area contributed by atoms with Crippen LogP contribution in [-0.4, -0.2) is 60.1 Å². The highest BCUT2D eigenvalue weighted by atomic mass is 19.4. The summed E-state index contributed by atoms with van der Waals surface area (Å²) in [6, 6.07) is 5.64. The van der Waals surface area contributed by atoms with Gasteiger partial charge >= 0.3 is 6.18 Å². The van der Waals surface area contributed by atoms with E-state index < -0.39 is 36.2 Å². The Labute approximate surface area is 169 Å². The van der Waals surface area contributed by atoms with E-state index in [1.165, 1.54) is 12.1 Å². The Balaban J connectivity index is 2.12. The van der Waals surface area contributed by atoms with Crippen molar-refractivity contribution in [2.45, 2.75) is 24.8 Å². The Hall–Kier alpha value is -2.45. The van der Waals surface area contributed by atoms with Gasteiger partial charge in [-0.25, -0.2) is 9.37 Å². The fourth-order valence-corrected chi connectivity index (χ4v) is 3.41. The second-order valence-electron chi connectivity index (χ2n) is 7.05. The van der Waals surface area contributed by atoms with Gasteiger partial charge in [-0.15, -0.1) is 0 Å². The predicted molar refractivity (Wildman–Crippen MR) is 107 cm³/mol. The number of likely N-dealkylation sites (tertiary alicyclic amines) is 1. The van der Waals surface area contributed by atoms with Crippen LogP contribution in [0.1, 0.15) is 20.6 Å². The van der Waals surface area contributed by atoms with Crippen LogP contribution in [0, 0.1) is 0 Å². The summed E-state index contributed by atoms with van der Waals surface area (Å²) in [5.41, 5.74) is -1.12. The van der Waals surface area contributed by atoms with Crippen molar-refractivity contribution in [3.05, 3.63) is 48.3 Å². The number of piperidine rings is 1. The first kappa shape index (κ1) is 18.6. The number of hydrogen-bond donors (Lipinski definition) is 2. The van der Waals surface area contributed by atoms with Crippen molar-refractivity contribution in [2.24, 2.45) is 0 Å². The van der Waals surface area contributed by atoms with Crippen LogP contribution in [0.2, 0.25) is 0 Å². The van der Waals surface area contributed by atoms with Crippen LogP contribution < -0.4 is 5.32 Å². The van der Waals surface area contributed by atoms with Crippen LogP contribution in [-0.2, 0) is 0 Å². The highest BCUT2D eigenvalue weighted by Crippen LogP contribution is 2.37. The van der Waals surface area contributed by atoms with E-state index in [4.69, 9.17) is 2.74 Å². The Bertz CT molecular complexity index is 1000. The largest absolute Gasteiger partial charge is 0.417 e. The lowest BCUT2D eigenvalue weighted by Crippen LogP contribution is -2.46. The van der Waals surface area contributed by atoms with Crippen LogP contribution in [0.5, 0.6) is 0 Å². The number of pyridine rings is 1. The first-order valence-electron chi connectivity index (χ1n) is 10.1. The van der Waals surface area contributed by atoms with E-state index in [9.17, 15) is 22.7 Å². The third-order valence-electron chi connectivity index (χ3n) is 4.94. The van der Waals surface area contributed by atoms with Gasteiger partial charge in [0.1, 0.15) is 6.17 Å². The molecule has 1 fully saturated rings. The molecule has 29 heavy (non-hydrogen) atoms. The molecule has 0 saturated carbocycles. The van der Waals surface area contributed by atoms with Crippen molar-refractivity contribution >= 4 is 28.1 Å². The van der Waals surface area contributed by atoms with Crippen molar-refractivity contribution in [2.75, 3.05) is 32.0 Å². The molecule has 1 aliphatic rings. The molecule has 1 aromatic carbocycles. The molecule has 0 amide bonds. The van der Waals surface area contributed by atoms with Crippen molar-refractivity contribution in [1.29, 1.82) is 0 Å². The smallest absolute Gasteiger partial charge is 0.392 e. The summed E-state index contributed by atoms with van der Waals surface area (Å²) in [5, 5.41) is 12.9. The monoisotopic (exact) mass is 411 g/mol. The number of aliphatic hydroxyl groups is 1. The second-order valence-corrected chi connectivity index (χ2v) is 7.05. The minimum atomic E-state index is -4.73. The van der Waals surface area contributed by atoms with E-state index in [1.54, 1.807) is 12.1 Å². The standard InChI is InChI=1S/C21H23F4N3O/c1-13(21(23,24)25)20-15-6-3-7-18(16(15)11-14(26-20)5-4-10-29)27-19-8-9-28(2)12-17(19)22/h3-7,11,17,19,27,29H,1,8-10,12H2,2H3/b5-4+/t17-,19+/m0/s1/i10D2. The number of anilines is 1. The number of alkyl halides is 4. The lowest BCUT2D eigenvalue weighted by Gasteiger charge is -2.33. The van der Waals surface area contributed by atoms with Crippen LogP contribution >= 0.6 is 0 Å². The summed E-state index contributed by atoms with van der Waals surface area (Å²) >= 11 is 0. The van der Waals surface area contributed by atoms with E-state index in [0.717, 1.165) is 12.2 Å². The molecule has 1 aliphatic heterocycles. The van der Waals surface area contributed by atoms with Crippen LogP contribution in [0.3, 0.4) is 0 Å². The molecule has 3 rings (SSSR count). The predicted octanol–water partition coefficient (Wildman–Crippen LogP) is 4.27.